The summed E-state index contributed by atoms with van der Waals surface area (Å²) in [6.45, 7) is 3.12. The highest BCUT2D eigenvalue weighted by Gasteiger charge is 2.14. The first-order chi connectivity index (χ1) is 7.77. The number of carbonyl (C=O) groups is 1. The predicted molar refractivity (Wildman–Crippen MR) is 63.5 cm³/mol. The molecule has 0 fully saturated rings. The third kappa shape index (κ3) is 3.98. The van der Waals surface area contributed by atoms with Gasteiger partial charge in [0.1, 0.15) is 0 Å². The summed E-state index contributed by atoms with van der Waals surface area (Å²) < 4.78 is 0. The minimum absolute atomic E-state index is 0.0341. The molecular weight excluding hydrogens is 202 g/mol. The van der Waals surface area contributed by atoms with E-state index < -0.39 is 0 Å². The van der Waals surface area contributed by atoms with E-state index in [0.717, 1.165) is 18.4 Å². The summed E-state index contributed by atoms with van der Waals surface area (Å²) in [5, 5.41) is 2.91. The van der Waals surface area contributed by atoms with Crippen LogP contribution in [-0.4, -0.2) is 17.4 Å². The van der Waals surface area contributed by atoms with Crippen LogP contribution in [0.15, 0.2) is 24.5 Å². The molecule has 0 aliphatic heterocycles. The normalized spacial score (nSPS) is 12.1. The van der Waals surface area contributed by atoms with Gasteiger partial charge in [-0.1, -0.05) is 6.92 Å². The van der Waals surface area contributed by atoms with E-state index in [-0.39, 0.29) is 11.8 Å². The number of aromatic nitrogens is 1. The fourth-order valence-electron chi connectivity index (χ4n) is 1.56. The molecule has 0 spiro atoms. The molecule has 16 heavy (non-hydrogen) atoms. The minimum Gasteiger partial charge on any atom is -0.352 e. The molecule has 1 atom stereocenters. The molecule has 1 unspecified atom stereocenters. The Morgan fingerprint density at radius 1 is 1.50 bits per heavy atom. The Morgan fingerprint density at radius 3 is 2.75 bits per heavy atom. The fraction of sp³-hybridized carbons (Fsp3) is 0.500. The Balaban J connectivity index is 2.40. The lowest BCUT2D eigenvalue weighted by molar-refractivity contribution is -0.125. The number of rotatable bonds is 6. The Labute approximate surface area is 96.3 Å². The largest absolute Gasteiger partial charge is 0.352 e. The summed E-state index contributed by atoms with van der Waals surface area (Å²) >= 11 is 0. The molecule has 0 saturated carbocycles. The van der Waals surface area contributed by atoms with Crippen LogP contribution in [0.25, 0.3) is 0 Å². The number of amides is 1. The van der Waals surface area contributed by atoms with Crippen LogP contribution in [0.4, 0.5) is 0 Å². The van der Waals surface area contributed by atoms with E-state index in [2.05, 4.69) is 10.3 Å². The van der Waals surface area contributed by atoms with Crippen molar-refractivity contribution in [3.63, 3.8) is 0 Å². The SMILES string of the molecule is CCC(CCN)C(=O)NCc1ccncc1. The smallest absolute Gasteiger partial charge is 0.223 e. The van der Waals surface area contributed by atoms with Crippen LogP contribution in [0.1, 0.15) is 25.3 Å². The molecule has 0 radical (unpaired) electrons. The third-order valence-corrected chi connectivity index (χ3v) is 2.59. The molecular formula is C12H19N3O. The Kier molecular flexibility index (Phi) is 5.50. The van der Waals surface area contributed by atoms with E-state index in [1.807, 2.05) is 19.1 Å². The van der Waals surface area contributed by atoms with Crippen LogP contribution in [0.5, 0.6) is 0 Å². The maximum Gasteiger partial charge on any atom is 0.223 e. The standard InChI is InChI=1S/C12H19N3O/c1-2-11(3-6-13)12(16)15-9-10-4-7-14-8-5-10/h4-5,7-8,11H,2-3,6,9,13H2,1H3,(H,15,16). The second-order valence-electron chi connectivity index (χ2n) is 3.76. The highest BCUT2D eigenvalue weighted by Crippen LogP contribution is 2.07. The zero-order valence-electron chi connectivity index (χ0n) is 9.65. The van der Waals surface area contributed by atoms with Crippen molar-refractivity contribution in [3.05, 3.63) is 30.1 Å². The summed E-state index contributed by atoms with van der Waals surface area (Å²) in [4.78, 5) is 15.7. The molecule has 3 N–H and O–H groups in total. The molecule has 1 rings (SSSR count). The quantitative estimate of drug-likeness (QED) is 0.755. The van der Waals surface area contributed by atoms with Crippen molar-refractivity contribution in [3.8, 4) is 0 Å². The molecule has 0 saturated heterocycles. The first-order valence-electron chi connectivity index (χ1n) is 5.64. The van der Waals surface area contributed by atoms with Gasteiger partial charge in [0.05, 0.1) is 0 Å². The van der Waals surface area contributed by atoms with Crippen molar-refractivity contribution < 1.29 is 4.79 Å². The lowest BCUT2D eigenvalue weighted by atomic mass is 10.0. The van der Waals surface area contributed by atoms with Crippen LogP contribution in [-0.2, 0) is 11.3 Å². The molecule has 1 heterocycles. The van der Waals surface area contributed by atoms with Gasteiger partial charge in [-0.25, -0.2) is 0 Å². The van der Waals surface area contributed by atoms with Crippen LogP contribution in [0.2, 0.25) is 0 Å². The maximum atomic E-state index is 11.8. The Hall–Kier alpha value is -1.42. The molecule has 1 aromatic heterocycles. The highest BCUT2D eigenvalue weighted by molar-refractivity contribution is 5.78. The summed E-state index contributed by atoms with van der Waals surface area (Å²) in [6, 6.07) is 3.79. The van der Waals surface area contributed by atoms with Gasteiger partial charge in [-0.15, -0.1) is 0 Å². The van der Waals surface area contributed by atoms with Crippen molar-refractivity contribution in [2.75, 3.05) is 6.54 Å². The van der Waals surface area contributed by atoms with Gasteiger partial charge in [0.2, 0.25) is 5.91 Å². The van der Waals surface area contributed by atoms with E-state index in [1.54, 1.807) is 12.4 Å². The molecule has 88 valence electrons. The van der Waals surface area contributed by atoms with E-state index in [9.17, 15) is 4.79 Å². The van der Waals surface area contributed by atoms with Gasteiger partial charge in [0.25, 0.3) is 0 Å². The van der Waals surface area contributed by atoms with Crippen molar-refractivity contribution in [1.82, 2.24) is 10.3 Å². The van der Waals surface area contributed by atoms with Gasteiger partial charge >= 0.3 is 0 Å². The Morgan fingerprint density at radius 2 is 2.19 bits per heavy atom. The second kappa shape index (κ2) is 6.95. The van der Waals surface area contributed by atoms with Crippen molar-refractivity contribution in [1.29, 1.82) is 0 Å². The van der Waals surface area contributed by atoms with Gasteiger partial charge in [-0.3, -0.25) is 9.78 Å². The predicted octanol–water partition coefficient (Wildman–Crippen LogP) is 1.07. The average Bonchev–Trinajstić information content (AvgIpc) is 2.34. The number of nitrogens with zero attached hydrogens (tertiary/aromatic N) is 1. The van der Waals surface area contributed by atoms with Crippen molar-refractivity contribution in [2.45, 2.75) is 26.3 Å². The molecule has 0 bridgehead atoms. The van der Waals surface area contributed by atoms with Crippen LogP contribution in [0, 0.1) is 5.92 Å². The topological polar surface area (TPSA) is 68.0 Å². The number of hydrogen-bond donors (Lipinski definition) is 2. The first-order valence-corrected chi connectivity index (χ1v) is 5.64. The number of carbonyl (C=O) groups excluding carboxylic acids is 1. The molecule has 4 heteroatoms. The average molecular weight is 221 g/mol. The molecule has 1 amide bonds. The zero-order chi connectivity index (χ0) is 11.8. The zero-order valence-corrected chi connectivity index (χ0v) is 9.65. The van der Waals surface area contributed by atoms with Gasteiger partial charge in [0.15, 0.2) is 0 Å². The number of nitrogens with two attached hydrogens (primary N) is 1. The molecule has 0 aliphatic carbocycles. The summed E-state index contributed by atoms with van der Waals surface area (Å²) in [7, 11) is 0. The second-order valence-corrected chi connectivity index (χ2v) is 3.76. The van der Waals surface area contributed by atoms with Gasteiger partial charge in [-0.2, -0.15) is 0 Å². The summed E-state index contributed by atoms with van der Waals surface area (Å²) in [6.07, 6.45) is 5.02. The van der Waals surface area contributed by atoms with Crippen LogP contribution >= 0.6 is 0 Å². The van der Waals surface area contributed by atoms with Gasteiger partial charge < -0.3 is 11.1 Å². The fourth-order valence-corrected chi connectivity index (χ4v) is 1.56. The monoisotopic (exact) mass is 221 g/mol. The lowest BCUT2D eigenvalue weighted by Crippen LogP contribution is -2.31. The molecule has 0 aromatic carbocycles. The number of hydrogen-bond acceptors (Lipinski definition) is 3. The number of pyridine rings is 1. The van der Waals surface area contributed by atoms with Crippen LogP contribution in [0.3, 0.4) is 0 Å². The van der Waals surface area contributed by atoms with E-state index in [0.29, 0.717) is 13.1 Å². The van der Waals surface area contributed by atoms with Gasteiger partial charge in [-0.05, 0) is 37.1 Å². The van der Waals surface area contributed by atoms with E-state index in [1.165, 1.54) is 0 Å². The third-order valence-electron chi connectivity index (χ3n) is 2.59. The van der Waals surface area contributed by atoms with Crippen LogP contribution < -0.4 is 11.1 Å². The lowest BCUT2D eigenvalue weighted by Gasteiger charge is -2.13. The summed E-state index contributed by atoms with van der Waals surface area (Å²) in [5.74, 6) is 0.122. The van der Waals surface area contributed by atoms with E-state index in [4.69, 9.17) is 5.73 Å². The molecule has 0 aliphatic rings. The first kappa shape index (κ1) is 12.6. The molecule has 4 nitrogen and oxygen atoms in total. The Bertz CT molecular complexity index is 313. The van der Waals surface area contributed by atoms with Crippen molar-refractivity contribution >= 4 is 5.91 Å². The van der Waals surface area contributed by atoms with E-state index >= 15 is 0 Å². The van der Waals surface area contributed by atoms with Crippen molar-refractivity contribution in [2.24, 2.45) is 11.7 Å². The summed E-state index contributed by atoms with van der Waals surface area (Å²) in [5.41, 5.74) is 6.52. The maximum absolute atomic E-state index is 11.8. The molecule has 1 aromatic rings. The minimum atomic E-state index is 0.0341. The highest BCUT2D eigenvalue weighted by atomic mass is 16.1. The number of nitrogens with one attached hydrogen (secondary N) is 1. The van der Waals surface area contributed by atoms with Gasteiger partial charge in [0, 0.05) is 24.9 Å².